The van der Waals surface area contributed by atoms with Gasteiger partial charge in [0, 0.05) is 18.9 Å². The molecule has 0 bridgehead atoms. The monoisotopic (exact) mass is 275 g/mol. The first-order chi connectivity index (χ1) is 9.57. The number of aromatic nitrogens is 1. The summed E-state index contributed by atoms with van der Waals surface area (Å²) in [5, 5.41) is 3.11. The summed E-state index contributed by atoms with van der Waals surface area (Å²) in [5.74, 6) is 0.807. The van der Waals surface area contributed by atoms with Crippen molar-refractivity contribution >= 4 is 5.91 Å². The van der Waals surface area contributed by atoms with E-state index in [1.165, 1.54) is 0 Å². The number of nitrogens with two attached hydrogens (primary N) is 1. The lowest BCUT2D eigenvalue weighted by Gasteiger charge is -2.37. The zero-order valence-corrected chi connectivity index (χ0v) is 12.4. The molecule has 0 aliphatic heterocycles. The molecule has 1 fully saturated rings. The van der Waals surface area contributed by atoms with Gasteiger partial charge in [0.2, 0.25) is 5.91 Å². The van der Waals surface area contributed by atoms with Gasteiger partial charge in [-0.25, -0.2) is 0 Å². The average molecular weight is 275 g/mol. The molecule has 1 aromatic heterocycles. The summed E-state index contributed by atoms with van der Waals surface area (Å²) in [6.07, 6.45) is 7.51. The molecule has 1 aliphatic rings. The molecule has 20 heavy (non-hydrogen) atoms. The average Bonchev–Trinajstić information content (AvgIpc) is 2.49. The Morgan fingerprint density at radius 3 is 2.80 bits per heavy atom. The van der Waals surface area contributed by atoms with Crippen LogP contribution in [0, 0.1) is 11.3 Å². The van der Waals surface area contributed by atoms with Gasteiger partial charge in [0.1, 0.15) is 0 Å². The molecule has 0 spiro atoms. The van der Waals surface area contributed by atoms with Gasteiger partial charge in [0.25, 0.3) is 0 Å². The first-order valence-electron chi connectivity index (χ1n) is 7.48. The highest BCUT2D eigenvalue weighted by molar-refractivity contribution is 5.83. The molecule has 1 aromatic rings. The topological polar surface area (TPSA) is 68.0 Å². The van der Waals surface area contributed by atoms with Crippen LogP contribution in [0.1, 0.15) is 51.1 Å². The minimum atomic E-state index is -0.372. The van der Waals surface area contributed by atoms with E-state index in [4.69, 9.17) is 5.73 Å². The van der Waals surface area contributed by atoms with Crippen LogP contribution in [0.15, 0.2) is 24.5 Å². The van der Waals surface area contributed by atoms with E-state index in [1.54, 1.807) is 12.4 Å². The van der Waals surface area contributed by atoms with Crippen LogP contribution in [0.5, 0.6) is 0 Å². The van der Waals surface area contributed by atoms with Crippen LogP contribution in [0.2, 0.25) is 0 Å². The van der Waals surface area contributed by atoms with Gasteiger partial charge < -0.3 is 11.1 Å². The maximum Gasteiger partial charge on any atom is 0.227 e. The van der Waals surface area contributed by atoms with Crippen LogP contribution < -0.4 is 11.1 Å². The van der Waals surface area contributed by atoms with Crippen molar-refractivity contribution in [3.05, 3.63) is 30.1 Å². The predicted octanol–water partition coefficient (Wildman–Crippen LogP) is 2.41. The summed E-state index contributed by atoms with van der Waals surface area (Å²) in [5.41, 5.74) is 6.58. The lowest BCUT2D eigenvalue weighted by molar-refractivity contribution is -0.133. The highest BCUT2D eigenvalue weighted by Gasteiger charge is 2.40. The number of pyridine rings is 1. The van der Waals surface area contributed by atoms with E-state index in [2.05, 4.69) is 17.2 Å². The molecule has 4 heteroatoms. The van der Waals surface area contributed by atoms with Crippen LogP contribution in [-0.2, 0) is 4.79 Å². The second-order valence-corrected chi connectivity index (χ2v) is 6.15. The molecule has 1 amide bonds. The van der Waals surface area contributed by atoms with Gasteiger partial charge in [-0.05, 0) is 50.2 Å². The Labute approximate surface area is 121 Å². The van der Waals surface area contributed by atoms with Gasteiger partial charge in [0.05, 0.1) is 11.5 Å². The number of rotatable bonds is 4. The summed E-state index contributed by atoms with van der Waals surface area (Å²) in [6, 6.07) is 3.84. The zero-order valence-electron chi connectivity index (χ0n) is 12.4. The Morgan fingerprint density at radius 1 is 1.55 bits per heavy atom. The summed E-state index contributed by atoms with van der Waals surface area (Å²) < 4.78 is 0. The molecule has 1 saturated carbocycles. The first kappa shape index (κ1) is 15.0. The van der Waals surface area contributed by atoms with Crippen LogP contribution >= 0.6 is 0 Å². The number of amides is 1. The zero-order chi connectivity index (χ0) is 14.6. The Bertz CT molecular complexity index is 438. The smallest absolute Gasteiger partial charge is 0.227 e. The van der Waals surface area contributed by atoms with Crippen LogP contribution in [-0.4, -0.2) is 17.4 Å². The fourth-order valence-corrected chi connectivity index (χ4v) is 2.90. The molecular weight excluding hydrogens is 250 g/mol. The number of carbonyl (C=O) groups excluding carboxylic acids is 1. The fourth-order valence-electron chi connectivity index (χ4n) is 2.90. The van der Waals surface area contributed by atoms with Gasteiger partial charge in [-0.1, -0.05) is 13.0 Å². The highest BCUT2D eigenvalue weighted by Crippen LogP contribution is 2.38. The van der Waals surface area contributed by atoms with Gasteiger partial charge >= 0.3 is 0 Å². The molecule has 3 N–H and O–H groups in total. The lowest BCUT2D eigenvalue weighted by atomic mass is 9.70. The lowest BCUT2D eigenvalue weighted by Crippen LogP contribution is -2.48. The van der Waals surface area contributed by atoms with Crippen LogP contribution in [0.4, 0.5) is 0 Å². The Hall–Kier alpha value is -1.42. The third-order valence-corrected chi connectivity index (χ3v) is 4.64. The molecule has 1 heterocycles. The third-order valence-electron chi connectivity index (χ3n) is 4.64. The SMILES string of the molecule is CC1CCC(CN)(C(=O)NC(C)c2cccnc2)CC1. The molecule has 0 saturated heterocycles. The summed E-state index contributed by atoms with van der Waals surface area (Å²) in [7, 11) is 0. The number of hydrogen-bond acceptors (Lipinski definition) is 3. The fraction of sp³-hybridized carbons (Fsp3) is 0.625. The van der Waals surface area contributed by atoms with E-state index in [-0.39, 0.29) is 17.4 Å². The van der Waals surface area contributed by atoms with E-state index in [0.717, 1.165) is 31.2 Å². The van der Waals surface area contributed by atoms with Crippen molar-refractivity contribution in [2.75, 3.05) is 6.54 Å². The molecule has 2 rings (SSSR count). The molecule has 1 atom stereocenters. The molecular formula is C16H25N3O. The maximum atomic E-state index is 12.6. The molecule has 4 nitrogen and oxygen atoms in total. The van der Waals surface area contributed by atoms with Crippen molar-refractivity contribution in [1.82, 2.24) is 10.3 Å². The second-order valence-electron chi connectivity index (χ2n) is 6.15. The largest absolute Gasteiger partial charge is 0.349 e. The van der Waals surface area contributed by atoms with Crippen LogP contribution in [0.25, 0.3) is 0 Å². The van der Waals surface area contributed by atoms with E-state index < -0.39 is 0 Å². The van der Waals surface area contributed by atoms with Crippen molar-refractivity contribution in [1.29, 1.82) is 0 Å². The van der Waals surface area contributed by atoms with Crippen LogP contribution in [0.3, 0.4) is 0 Å². The van der Waals surface area contributed by atoms with Crippen molar-refractivity contribution in [2.45, 2.75) is 45.6 Å². The first-order valence-corrected chi connectivity index (χ1v) is 7.48. The van der Waals surface area contributed by atoms with E-state index in [0.29, 0.717) is 12.5 Å². The molecule has 0 aromatic carbocycles. The Balaban J connectivity index is 2.03. The summed E-state index contributed by atoms with van der Waals surface area (Å²) in [4.78, 5) is 16.7. The number of hydrogen-bond donors (Lipinski definition) is 2. The quantitative estimate of drug-likeness (QED) is 0.886. The molecule has 0 radical (unpaired) electrons. The van der Waals surface area contributed by atoms with Gasteiger partial charge in [-0.15, -0.1) is 0 Å². The van der Waals surface area contributed by atoms with Gasteiger partial charge in [-0.2, -0.15) is 0 Å². The van der Waals surface area contributed by atoms with Gasteiger partial charge in [0.15, 0.2) is 0 Å². The van der Waals surface area contributed by atoms with E-state index >= 15 is 0 Å². The molecule has 110 valence electrons. The highest BCUT2D eigenvalue weighted by atomic mass is 16.2. The van der Waals surface area contributed by atoms with Gasteiger partial charge in [-0.3, -0.25) is 9.78 Å². The normalized spacial score (nSPS) is 27.9. The number of carbonyl (C=O) groups is 1. The second kappa shape index (κ2) is 6.35. The molecule has 1 unspecified atom stereocenters. The Morgan fingerprint density at radius 2 is 2.25 bits per heavy atom. The Kier molecular flexibility index (Phi) is 4.76. The maximum absolute atomic E-state index is 12.6. The van der Waals surface area contributed by atoms with Crippen molar-refractivity contribution in [3.63, 3.8) is 0 Å². The van der Waals surface area contributed by atoms with Crippen molar-refractivity contribution < 1.29 is 4.79 Å². The predicted molar refractivity (Wildman–Crippen MR) is 79.9 cm³/mol. The van der Waals surface area contributed by atoms with Crippen molar-refractivity contribution in [3.8, 4) is 0 Å². The van der Waals surface area contributed by atoms with Crippen molar-refractivity contribution in [2.24, 2.45) is 17.1 Å². The number of nitrogens with one attached hydrogen (secondary N) is 1. The number of nitrogens with zero attached hydrogens (tertiary/aromatic N) is 1. The molecule has 1 aliphatic carbocycles. The minimum absolute atomic E-state index is 0.0287. The third kappa shape index (κ3) is 3.18. The standard InChI is InChI=1S/C16H25N3O/c1-12-5-7-16(11-17,8-6-12)15(20)19-13(2)14-4-3-9-18-10-14/h3-4,9-10,12-13H,5-8,11,17H2,1-2H3,(H,19,20). The summed E-state index contributed by atoms with van der Waals surface area (Å²) >= 11 is 0. The van der Waals surface area contributed by atoms with E-state index in [1.807, 2.05) is 19.1 Å². The van der Waals surface area contributed by atoms with E-state index in [9.17, 15) is 4.79 Å². The summed E-state index contributed by atoms with van der Waals surface area (Å²) in [6.45, 7) is 4.67. The minimum Gasteiger partial charge on any atom is -0.349 e.